The van der Waals surface area contributed by atoms with Gasteiger partial charge in [-0.25, -0.2) is 9.59 Å². The Hall–Kier alpha value is -4.69. The Morgan fingerprint density at radius 2 is 1.76 bits per heavy atom. The van der Waals surface area contributed by atoms with E-state index in [9.17, 15) is 19.5 Å². The Bertz CT molecular complexity index is 1980. The van der Waals surface area contributed by atoms with Crippen LogP contribution in [0.5, 0.6) is 5.75 Å². The first-order valence-electron chi connectivity index (χ1n) is 18.1. The molecule has 1 aromatic heterocycles. The lowest BCUT2D eigenvalue weighted by Crippen LogP contribution is -2.59. The van der Waals surface area contributed by atoms with Crippen molar-refractivity contribution in [1.82, 2.24) is 35.4 Å². The van der Waals surface area contributed by atoms with Crippen LogP contribution in [0.2, 0.25) is 10.0 Å². The number of hydrogen-bond donors (Lipinski definition) is 3. The highest BCUT2D eigenvalue weighted by Gasteiger charge is 2.44. The van der Waals surface area contributed by atoms with Crippen LogP contribution in [0.15, 0.2) is 72.9 Å². The van der Waals surface area contributed by atoms with Crippen LogP contribution in [0.25, 0.3) is 11.3 Å². The maximum absolute atomic E-state index is 14.2. The van der Waals surface area contributed by atoms with Crippen molar-refractivity contribution < 1.29 is 29.0 Å². The van der Waals surface area contributed by atoms with Crippen molar-refractivity contribution >= 4 is 41.1 Å². The third-order valence-electron chi connectivity index (χ3n) is 11.2. The minimum absolute atomic E-state index is 0.00566. The minimum Gasteiger partial charge on any atom is -0.496 e. The quantitative estimate of drug-likeness (QED) is 0.191. The smallest absolute Gasteiger partial charge is 0.334 e. The third-order valence-corrected chi connectivity index (χ3v) is 12.0. The second kappa shape index (κ2) is 16.0. The summed E-state index contributed by atoms with van der Waals surface area (Å²) in [5.74, 6) is -0.726. The molecule has 0 radical (unpaired) electrons. The van der Waals surface area contributed by atoms with Gasteiger partial charge in [0.25, 0.3) is 5.91 Å². The Balaban J connectivity index is 1.08. The van der Waals surface area contributed by atoms with Crippen molar-refractivity contribution in [2.24, 2.45) is 0 Å². The normalized spacial score (nSPS) is 21.5. The van der Waals surface area contributed by atoms with E-state index in [1.807, 2.05) is 59.5 Å². The number of urea groups is 1. The molecule has 3 aliphatic heterocycles. The standard InChI is InChI=1S/C39H43Cl2N7O6/c1-53-33-10-7-26(32-23-42-45-44-32)21-29(33)35(49)48-18-12-38(25-48,28-8-9-30(40)31(41)22-28)11-15-46-16-13-39(14-17-46,27-5-3-2-4-6-27)43-37(52)47-19-20-54-34(24-47)36(50)51/h2-10,21-23,34H,11-20,24-25H2,1H3,(H,43,52)(H,50,51)(H,42,44,45). The minimum atomic E-state index is -1.08. The summed E-state index contributed by atoms with van der Waals surface area (Å²) in [4.78, 5) is 45.3. The third kappa shape index (κ3) is 7.76. The van der Waals surface area contributed by atoms with E-state index in [1.165, 1.54) is 4.90 Å². The van der Waals surface area contributed by atoms with Crippen LogP contribution in [0.1, 0.15) is 47.2 Å². The van der Waals surface area contributed by atoms with Crippen molar-refractivity contribution in [2.45, 2.75) is 42.7 Å². The monoisotopic (exact) mass is 775 g/mol. The van der Waals surface area contributed by atoms with Crippen molar-refractivity contribution in [1.29, 1.82) is 0 Å². The second-order valence-electron chi connectivity index (χ2n) is 14.3. The summed E-state index contributed by atoms with van der Waals surface area (Å²) in [6.07, 6.45) is 3.40. The number of aliphatic carboxylic acids is 1. The van der Waals surface area contributed by atoms with E-state index >= 15 is 0 Å². The number of morpholine rings is 1. The summed E-state index contributed by atoms with van der Waals surface area (Å²) >= 11 is 13.0. The van der Waals surface area contributed by atoms with Gasteiger partial charge in [0.2, 0.25) is 0 Å². The molecule has 3 amide bonds. The lowest BCUT2D eigenvalue weighted by molar-refractivity contribution is -0.154. The number of rotatable bonds is 10. The second-order valence-corrected chi connectivity index (χ2v) is 15.1. The number of ether oxygens (including phenoxy) is 2. The average Bonchev–Trinajstić information content (AvgIpc) is 3.91. The van der Waals surface area contributed by atoms with E-state index in [-0.39, 0.29) is 30.5 Å². The molecule has 3 aromatic carbocycles. The molecule has 0 saturated carbocycles. The lowest BCUT2D eigenvalue weighted by atomic mass is 9.76. The molecule has 3 fully saturated rings. The fourth-order valence-corrected chi connectivity index (χ4v) is 8.34. The van der Waals surface area contributed by atoms with Gasteiger partial charge in [-0.2, -0.15) is 15.4 Å². The highest BCUT2D eigenvalue weighted by Crippen LogP contribution is 2.42. The van der Waals surface area contributed by atoms with Crippen LogP contribution >= 0.6 is 23.2 Å². The van der Waals surface area contributed by atoms with Crippen molar-refractivity contribution in [3.05, 3.63) is 99.7 Å². The Morgan fingerprint density at radius 1 is 0.963 bits per heavy atom. The Kier molecular flexibility index (Phi) is 11.1. The number of halogens is 2. The van der Waals surface area contributed by atoms with E-state index in [4.69, 9.17) is 32.7 Å². The van der Waals surface area contributed by atoms with E-state index in [0.717, 1.165) is 49.2 Å². The van der Waals surface area contributed by atoms with Gasteiger partial charge in [0.15, 0.2) is 6.10 Å². The number of aromatic amines is 1. The number of carboxylic acids is 1. The van der Waals surface area contributed by atoms with Gasteiger partial charge in [-0.3, -0.25) is 4.79 Å². The number of benzene rings is 3. The van der Waals surface area contributed by atoms with E-state index in [1.54, 1.807) is 25.4 Å². The molecule has 3 aliphatic rings. The molecule has 4 heterocycles. The molecular weight excluding hydrogens is 733 g/mol. The summed E-state index contributed by atoms with van der Waals surface area (Å²) in [6.45, 7) is 3.72. The molecule has 13 nitrogen and oxygen atoms in total. The van der Waals surface area contributed by atoms with Crippen molar-refractivity contribution in [3.63, 3.8) is 0 Å². The molecule has 15 heteroatoms. The van der Waals surface area contributed by atoms with Gasteiger partial charge in [0, 0.05) is 43.7 Å². The Labute approximate surface area is 323 Å². The molecule has 54 heavy (non-hydrogen) atoms. The van der Waals surface area contributed by atoms with Crippen LogP contribution in [0.3, 0.4) is 0 Å². The molecule has 7 rings (SSSR count). The fourth-order valence-electron chi connectivity index (χ4n) is 8.04. The summed E-state index contributed by atoms with van der Waals surface area (Å²) in [6, 6.07) is 20.9. The number of carboxylic acid groups (broad SMARTS) is 1. The number of methoxy groups -OCH3 is 1. The molecular formula is C39H43Cl2N7O6. The van der Waals surface area contributed by atoms with Gasteiger partial charge >= 0.3 is 12.0 Å². The van der Waals surface area contributed by atoms with Gasteiger partial charge < -0.3 is 34.6 Å². The number of H-pyrrole nitrogens is 1. The molecule has 0 aliphatic carbocycles. The van der Waals surface area contributed by atoms with Gasteiger partial charge in [-0.1, -0.05) is 59.6 Å². The number of hydrogen-bond acceptors (Lipinski definition) is 8. The molecule has 3 N–H and O–H groups in total. The molecule has 4 aromatic rings. The first-order valence-corrected chi connectivity index (χ1v) is 18.8. The highest BCUT2D eigenvalue weighted by molar-refractivity contribution is 6.42. The van der Waals surface area contributed by atoms with Gasteiger partial charge in [0.05, 0.1) is 47.6 Å². The SMILES string of the molecule is COc1ccc(-c2cn[nH]n2)cc1C(=O)N1CCC(CCN2CCC(NC(=O)N3CCOC(C(=O)O)C3)(c3ccccc3)CC2)(c2ccc(Cl)c(Cl)c2)C1. The summed E-state index contributed by atoms with van der Waals surface area (Å²) in [5.41, 5.74) is 2.87. The van der Waals surface area contributed by atoms with Crippen LogP contribution in [0, 0.1) is 0 Å². The lowest BCUT2D eigenvalue weighted by Gasteiger charge is -2.45. The van der Waals surface area contributed by atoms with Crippen LogP contribution in [-0.2, 0) is 20.5 Å². The average molecular weight is 777 g/mol. The number of likely N-dealkylation sites (tertiary alicyclic amines) is 2. The van der Waals surface area contributed by atoms with E-state index < -0.39 is 17.6 Å². The zero-order chi connectivity index (χ0) is 37.9. The van der Waals surface area contributed by atoms with Gasteiger partial charge in [-0.05, 0) is 73.7 Å². The number of amides is 3. The number of nitrogens with one attached hydrogen (secondary N) is 2. The zero-order valence-corrected chi connectivity index (χ0v) is 31.5. The fraction of sp³-hybridized carbons (Fsp3) is 0.410. The molecule has 2 atom stereocenters. The maximum atomic E-state index is 14.2. The van der Waals surface area contributed by atoms with Crippen LogP contribution < -0.4 is 10.1 Å². The number of carbonyl (C=O) groups excluding carboxylic acids is 2. The van der Waals surface area contributed by atoms with Crippen LogP contribution in [-0.4, -0.2) is 119 Å². The molecule has 2 unspecified atom stereocenters. The summed E-state index contributed by atoms with van der Waals surface area (Å²) < 4.78 is 11.0. The van der Waals surface area contributed by atoms with Crippen LogP contribution in [0.4, 0.5) is 4.79 Å². The van der Waals surface area contributed by atoms with Gasteiger partial charge in [0.1, 0.15) is 11.4 Å². The Morgan fingerprint density at radius 3 is 2.46 bits per heavy atom. The number of nitrogens with zero attached hydrogens (tertiary/aromatic N) is 5. The predicted molar refractivity (Wildman–Crippen MR) is 203 cm³/mol. The molecule has 0 bridgehead atoms. The first kappa shape index (κ1) is 37.6. The molecule has 0 spiro atoms. The first-order chi connectivity index (χ1) is 26.1. The largest absolute Gasteiger partial charge is 0.496 e. The highest BCUT2D eigenvalue weighted by atomic mass is 35.5. The predicted octanol–water partition coefficient (Wildman–Crippen LogP) is 5.45. The topological polar surface area (TPSA) is 153 Å². The number of aromatic nitrogens is 3. The summed E-state index contributed by atoms with van der Waals surface area (Å²) in [5, 5.41) is 24.5. The van der Waals surface area contributed by atoms with Crippen molar-refractivity contribution in [2.75, 3.05) is 59.5 Å². The number of piperidine rings is 1. The van der Waals surface area contributed by atoms with E-state index in [2.05, 4.69) is 25.6 Å². The summed E-state index contributed by atoms with van der Waals surface area (Å²) in [7, 11) is 1.56. The zero-order valence-electron chi connectivity index (χ0n) is 30.0. The van der Waals surface area contributed by atoms with Crippen molar-refractivity contribution in [3.8, 4) is 17.0 Å². The molecule has 284 valence electrons. The maximum Gasteiger partial charge on any atom is 0.334 e. The molecule has 3 saturated heterocycles. The number of carbonyl (C=O) groups is 3. The van der Waals surface area contributed by atoms with E-state index in [0.29, 0.717) is 59.5 Å². The van der Waals surface area contributed by atoms with Gasteiger partial charge in [-0.15, -0.1) is 0 Å².